The summed E-state index contributed by atoms with van der Waals surface area (Å²) in [6, 6.07) is 9.65. The van der Waals surface area contributed by atoms with Gasteiger partial charge in [0.25, 0.3) is 0 Å². The second-order valence-corrected chi connectivity index (χ2v) is 9.60. The Kier molecular flexibility index (Phi) is 5.85. The summed E-state index contributed by atoms with van der Waals surface area (Å²) in [5, 5.41) is 5.49. The van der Waals surface area contributed by atoms with E-state index in [9.17, 15) is 18.0 Å². The number of alkyl halides is 3. The van der Waals surface area contributed by atoms with Gasteiger partial charge in [-0.05, 0) is 80.0 Å². The molecule has 0 unspecified atom stereocenters. The fourth-order valence-corrected chi connectivity index (χ4v) is 5.41. The molecule has 5 rings (SSSR count). The van der Waals surface area contributed by atoms with Crippen molar-refractivity contribution in [2.24, 2.45) is 7.05 Å². The van der Waals surface area contributed by atoms with Gasteiger partial charge in [-0.3, -0.25) is 9.58 Å². The van der Waals surface area contributed by atoms with Crippen molar-refractivity contribution in [3.63, 3.8) is 0 Å². The minimum atomic E-state index is -4.46. The van der Waals surface area contributed by atoms with Crippen molar-refractivity contribution >= 4 is 22.6 Å². The summed E-state index contributed by atoms with van der Waals surface area (Å²) >= 11 is 0. The van der Waals surface area contributed by atoms with Crippen LogP contribution in [0, 0.1) is 6.92 Å². The zero-order valence-corrected chi connectivity index (χ0v) is 20.0. The molecule has 1 fully saturated rings. The van der Waals surface area contributed by atoms with E-state index in [2.05, 4.69) is 11.2 Å². The van der Waals surface area contributed by atoms with Crippen molar-refractivity contribution < 1.29 is 22.7 Å². The van der Waals surface area contributed by atoms with Crippen LogP contribution in [0.5, 0.6) is 0 Å². The zero-order valence-electron chi connectivity index (χ0n) is 20.0. The lowest BCUT2D eigenvalue weighted by molar-refractivity contribution is -0.137. The summed E-state index contributed by atoms with van der Waals surface area (Å²) in [6.07, 6.45) is 0.0701. The SMILES string of the molecule is Cc1cc([C@H]2OC(=O)N(CC3=C(c4cccc5c4cnn5C)CCCC3)[C@H]2C)cc(C(F)(F)F)c1. The molecule has 2 aliphatic rings. The minimum Gasteiger partial charge on any atom is -0.439 e. The lowest BCUT2D eigenvalue weighted by Gasteiger charge is -2.27. The van der Waals surface area contributed by atoms with Crippen LogP contribution in [0.15, 0.2) is 48.2 Å². The third-order valence-corrected chi connectivity index (χ3v) is 7.21. The second-order valence-electron chi connectivity index (χ2n) is 9.60. The van der Waals surface area contributed by atoms with E-state index in [0.717, 1.165) is 54.3 Å². The number of hydrogen-bond acceptors (Lipinski definition) is 3. The maximum Gasteiger partial charge on any atom is 0.416 e. The molecule has 1 amide bonds. The molecule has 35 heavy (non-hydrogen) atoms. The first kappa shape index (κ1) is 23.5. The van der Waals surface area contributed by atoms with Crippen molar-refractivity contribution in [1.82, 2.24) is 14.7 Å². The molecule has 2 atom stereocenters. The highest BCUT2D eigenvalue weighted by Gasteiger charge is 2.41. The number of ether oxygens (including phenoxy) is 1. The number of carbonyl (C=O) groups excluding carboxylic acids is 1. The maximum absolute atomic E-state index is 13.4. The molecular weight excluding hydrogens is 455 g/mol. The Hall–Kier alpha value is -3.29. The minimum absolute atomic E-state index is 0.374. The summed E-state index contributed by atoms with van der Waals surface area (Å²) in [4.78, 5) is 14.6. The molecule has 1 aliphatic heterocycles. The van der Waals surface area contributed by atoms with E-state index in [1.54, 1.807) is 17.9 Å². The molecule has 1 aliphatic carbocycles. The van der Waals surface area contributed by atoms with Crippen molar-refractivity contribution in [2.75, 3.05) is 6.54 Å². The predicted octanol–water partition coefficient (Wildman–Crippen LogP) is 6.81. The summed E-state index contributed by atoms with van der Waals surface area (Å²) in [5.74, 6) is 0. The summed E-state index contributed by atoms with van der Waals surface area (Å²) in [7, 11) is 1.92. The van der Waals surface area contributed by atoms with Crippen LogP contribution in [0.4, 0.5) is 18.0 Å². The Morgan fingerprint density at radius 3 is 2.69 bits per heavy atom. The smallest absolute Gasteiger partial charge is 0.416 e. The van der Waals surface area contributed by atoms with Crippen molar-refractivity contribution in [3.8, 4) is 0 Å². The summed E-state index contributed by atoms with van der Waals surface area (Å²) < 4.78 is 47.6. The highest BCUT2D eigenvalue weighted by molar-refractivity contribution is 5.93. The van der Waals surface area contributed by atoms with E-state index in [0.29, 0.717) is 17.7 Å². The van der Waals surface area contributed by atoms with E-state index >= 15 is 0 Å². The number of cyclic esters (lactones) is 1. The number of hydrogen-bond donors (Lipinski definition) is 0. The molecule has 0 saturated carbocycles. The molecule has 0 N–H and O–H groups in total. The van der Waals surface area contributed by atoms with Crippen LogP contribution in [0.3, 0.4) is 0 Å². The average Bonchev–Trinajstić information content (AvgIpc) is 3.33. The Morgan fingerprint density at radius 1 is 1.14 bits per heavy atom. The summed E-state index contributed by atoms with van der Waals surface area (Å²) in [6.45, 7) is 3.87. The average molecular weight is 484 g/mol. The zero-order chi connectivity index (χ0) is 24.9. The Morgan fingerprint density at radius 2 is 1.91 bits per heavy atom. The topological polar surface area (TPSA) is 47.4 Å². The van der Waals surface area contributed by atoms with Gasteiger partial charge in [0.15, 0.2) is 0 Å². The van der Waals surface area contributed by atoms with Crippen LogP contribution in [-0.2, 0) is 18.0 Å². The van der Waals surface area contributed by atoms with Gasteiger partial charge in [-0.25, -0.2) is 4.79 Å². The standard InChI is InChI=1S/C27H28F3N3O2/c1-16-11-19(13-20(12-16)27(28,29)30)25-17(2)33(26(34)35-25)15-18-7-4-5-8-21(18)22-9-6-10-24-23(22)14-31-32(24)3/h6,9-14,17,25H,4-5,7-8,15H2,1-3H3/t17-,25-/m0/s1. The largest absolute Gasteiger partial charge is 0.439 e. The van der Waals surface area contributed by atoms with Crippen LogP contribution in [0.25, 0.3) is 16.5 Å². The molecule has 1 aromatic heterocycles. The van der Waals surface area contributed by atoms with Crippen LogP contribution in [0.1, 0.15) is 61.0 Å². The number of carbonyl (C=O) groups is 1. The van der Waals surface area contributed by atoms with Gasteiger partial charge in [0.05, 0.1) is 23.3 Å². The van der Waals surface area contributed by atoms with Gasteiger partial charge < -0.3 is 4.74 Å². The van der Waals surface area contributed by atoms with Gasteiger partial charge in [-0.1, -0.05) is 23.8 Å². The quantitative estimate of drug-likeness (QED) is 0.410. The molecule has 1 saturated heterocycles. The van der Waals surface area contributed by atoms with E-state index < -0.39 is 30.0 Å². The van der Waals surface area contributed by atoms with E-state index in [-0.39, 0.29) is 0 Å². The lowest BCUT2D eigenvalue weighted by atomic mass is 9.85. The molecule has 184 valence electrons. The van der Waals surface area contributed by atoms with E-state index in [1.165, 1.54) is 11.1 Å². The van der Waals surface area contributed by atoms with E-state index in [1.807, 2.05) is 37.0 Å². The number of rotatable bonds is 4. The number of fused-ring (bicyclic) bond motifs is 1. The van der Waals surface area contributed by atoms with Gasteiger partial charge in [0, 0.05) is 19.0 Å². The van der Waals surface area contributed by atoms with Crippen LogP contribution in [0.2, 0.25) is 0 Å². The third-order valence-electron chi connectivity index (χ3n) is 7.21. The molecule has 0 radical (unpaired) electrons. The van der Waals surface area contributed by atoms with Crippen LogP contribution >= 0.6 is 0 Å². The number of allylic oxidation sites excluding steroid dienone is 1. The first-order valence-corrected chi connectivity index (χ1v) is 11.9. The number of aromatic nitrogens is 2. The molecule has 5 nitrogen and oxygen atoms in total. The number of halogens is 3. The van der Waals surface area contributed by atoms with Gasteiger partial charge in [-0.2, -0.15) is 18.3 Å². The number of amides is 1. The molecule has 0 spiro atoms. The molecule has 2 aromatic carbocycles. The van der Waals surface area contributed by atoms with Crippen LogP contribution in [-0.4, -0.2) is 33.4 Å². The van der Waals surface area contributed by atoms with Gasteiger partial charge in [0.2, 0.25) is 0 Å². The fraction of sp³-hybridized carbons (Fsp3) is 0.407. The summed E-state index contributed by atoms with van der Waals surface area (Å²) in [5.41, 5.74) is 4.72. The first-order chi connectivity index (χ1) is 16.6. The highest BCUT2D eigenvalue weighted by Crippen LogP contribution is 2.40. The Bertz CT molecular complexity index is 1320. The fourth-order valence-electron chi connectivity index (χ4n) is 5.41. The Labute approximate surface area is 202 Å². The van der Waals surface area contributed by atoms with Gasteiger partial charge in [-0.15, -0.1) is 0 Å². The van der Waals surface area contributed by atoms with Crippen molar-refractivity contribution in [2.45, 2.75) is 57.9 Å². The number of benzene rings is 2. The molecular formula is C27H28F3N3O2. The highest BCUT2D eigenvalue weighted by atomic mass is 19.4. The number of nitrogens with zero attached hydrogens (tertiary/aromatic N) is 3. The van der Waals surface area contributed by atoms with Crippen LogP contribution < -0.4 is 0 Å². The second kappa shape index (κ2) is 8.73. The Balaban J connectivity index is 1.47. The van der Waals surface area contributed by atoms with Gasteiger partial charge >= 0.3 is 12.3 Å². The van der Waals surface area contributed by atoms with Crippen molar-refractivity contribution in [3.05, 3.63) is 70.4 Å². The molecule has 0 bridgehead atoms. The maximum atomic E-state index is 13.4. The predicted molar refractivity (Wildman–Crippen MR) is 128 cm³/mol. The first-order valence-electron chi connectivity index (χ1n) is 11.9. The molecule has 3 aromatic rings. The van der Waals surface area contributed by atoms with E-state index in [4.69, 9.17) is 4.74 Å². The molecule has 8 heteroatoms. The normalized spacial score (nSPS) is 21.2. The number of aryl methyl sites for hydroxylation is 2. The monoisotopic (exact) mass is 483 g/mol. The van der Waals surface area contributed by atoms with Gasteiger partial charge in [0.1, 0.15) is 6.10 Å². The van der Waals surface area contributed by atoms with Crippen molar-refractivity contribution in [1.29, 1.82) is 0 Å². The third kappa shape index (κ3) is 4.30. The molecule has 2 heterocycles. The lowest BCUT2D eigenvalue weighted by Crippen LogP contribution is -2.34.